The molecule has 0 unspecified atom stereocenters. The molecule has 1 amide bonds. The fourth-order valence-corrected chi connectivity index (χ4v) is 4.59. The Morgan fingerprint density at radius 2 is 2.06 bits per heavy atom. The van der Waals surface area contributed by atoms with Crippen molar-refractivity contribution in [2.45, 2.75) is 13.8 Å². The van der Waals surface area contributed by atoms with E-state index in [2.05, 4.69) is 26.2 Å². The van der Waals surface area contributed by atoms with Crippen LogP contribution in [0.2, 0.25) is 10.0 Å². The summed E-state index contributed by atoms with van der Waals surface area (Å²) in [6.45, 7) is 3.59. The number of hydrogen-bond donors (Lipinski definition) is 1. The van der Waals surface area contributed by atoms with Crippen molar-refractivity contribution < 1.29 is 19.1 Å². The maximum Gasteiger partial charge on any atom is 0.344 e. The van der Waals surface area contributed by atoms with Crippen LogP contribution in [0.25, 0.3) is 6.08 Å². The zero-order chi connectivity index (χ0) is 22.5. The standard InChI is InChI=1S/C21H17BrCl2N2O4S/c1-3-29-18(27)10-30-19-13(22)7-12(8-15(19)24)9-17-20(28)26-21(31-17)25-16-6-4-5-14(23)11(16)2/h4-9H,3,10H2,1-2H3,(H,25,26,28)/b17-9+. The summed E-state index contributed by atoms with van der Waals surface area (Å²) in [7, 11) is 0. The van der Waals surface area contributed by atoms with Crippen LogP contribution in [0.3, 0.4) is 0 Å². The van der Waals surface area contributed by atoms with Gasteiger partial charge in [0.1, 0.15) is 0 Å². The molecule has 0 radical (unpaired) electrons. The van der Waals surface area contributed by atoms with Crippen molar-refractivity contribution in [1.29, 1.82) is 0 Å². The van der Waals surface area contributed by atoms with E-state index < -0.39 is 5.97 Å². The van der Waals surface area contributed by atoms with Crippen LogP contribution in [-0.2, 0) is 14.3 Å². The summed E-state index contributed by atoms with van der Waals surface area (Å²) in [6.07, 6.45) is 1.69. The van der Waals surface area contributed by atoms with Crippen LogP contribution in [0, 0.1) is 6.92 Å². The molecule has 1 fully saturated rings. The lowest BCUT2D eigenvalue weighted by molar-refractivity contribution is -0.145. The lowest BCUT2D eigenvalue weighted by Crippen LogP contribution is -2.19. The van der Waals surface area contributed by atoms with Crippen molar-refractivity contribution in [2.75, 3.05) is 13.2 Å². The number of amidine groups is 1. The maximum atomic E-state index is 12.4. The Morgan fingerprint density at radius 3 is 2.77 bits per heavy atom. The third-order valence-corrected chi connectivity index (χ3v) is 6.26. The quantitative estimate of drug-likeness (QED) is 0.362. The number of esters is 1. The Hall–Kier alpha value is -2.00. The number of nitrogens with one attached hydrogen (secondary N) is 1. The van der Waals surface area contributed by atoms with Crippen LogP contribution in [0.5, 0.6) is 5.75 Å². The molecule has 0 atom stereocenters. The van der Waals surface area contributed by atoms with Crippen molar-refractivity contribution in [2.24, 2.45) is 4.99 Å². The first-order valence-corrected chi connectivity index (χ1v) is 11.5. The SMILES string of the molecule is CCOC(=O)COc1c(Cl)cc(/C=C2/SC(=Nc3cccc(Cl)c3C)NC2=O)cc1Br. The van der Waals surface area contributed by atoms with Gasteiger partial charge in [-0.2, -0.15) is 0 Å². The molecule has 2 aromatic carbocycles. The molecule has 1 heterocycles. The Bertz CT molecular complexity index is 1080. The Labute approximate surface area is 202 Å². The lowest BCUT2D eigenvalue weighted by atomic mass is 10.2. The second-order valence-electron chi connectivity index (χ2n) is 6.27. The minimum absolute atomic E-state index is 0.256. The van der Waals surface area contributed by atoms with Gasteiger partial charge in [-0.3, -0.25) is 4.79 Å². The van der Waals surface area contributed by atoms with Crippen LogP contribution in [0.15, 0.2) is 44.7 Å². The zero-order valence-electron chi connectivity index (χ0n) is 16.5. The van der Waals surface area contributed by atoms with Crippen LogP contribution in [0.4, 0.5) is 5.69 Å². The summed E-state index contributed by atoms with van der Waals surface area (Å²) < 4.78 is 10.8. The molecule has 10 heteroatoms. The number of ether oxygens (including phenoxy) is 2. The molecular formula is C21H17BrCl2N2O4S. The van der Waals surface area contributed by atoms with Gasteiger partial charge in [-0.1, -0.05) is 29.3 Å². The average Bonchev–Trinajstić information content (AvgIpc) is 3.04. The molecule has 1 saturated heterocycles. The van der Waals surface area contributed by atoms with Gasteiger partial charge < -0.3 is 14.8 Å². The summed E-state index contributed by atoms with van der Waals surface area (Å²) in [4.78, 5) is 28.8. The van der Waals surface area contributed by atoms with E-state index >= 15 is 0 Å². The molecule has 0 aromatic heterocycles. The highest BCUT2D eigenvalue weighted by Crippen LogP contribution is 2.37. The first-order chi connectivity index (χ1) is 14.8. The number of rotatable bonds is 6. The number of halogens is 3. The van der Waals surface area contributed by atoms with Crippen LogP contribution >= 0.6 is 50.9 Å². The van der Waals surface area contributed by atoms with Crippen molar-refractivity contribution >= 4 is 79.7 Å². The molecule has 2 aromatic rings. The highest BCUT2D eigenvalue weighted by atomic mass is 79.9. The number of nitrogens with zero attached hydrogens (tertiary/aromatic N) is 1. The van der Waals surface area contributed by atoms with E-state index in [4.69, 9.17) is 32.7 Å². The molecule has 162 valence electrons. The summed E-state index contributed by atoms with van der Waals surface area (Å²) in [5, 5.41) is 4.10. The first kappa shape index (κ1) is 23.7. The largest absolute Gasteiger partial charge is 0.479 e. The van der Waals surface area contributed by atoms with Gasteiger partial charge in [-0.25, -0.2) is 9.79 Å². The van der Waals surface area contributed by atoms with Gasteiger partial charge in [0.2, 0.25) is 0 Å². The highest BCUT2D eigenvalue weighted by Gasteiger charge is 2.24. The second-order valence-corrected chi connectivity index (χ2v) is 8.97. The molecule has 0 aliphatic carbocycles. The molecule has 1 N–H and O–H groups in total. The molecule has 0 spiro atoms. The maximum absolute atomic E-state index is 12.4. The zero-order valence-corrected chi connectivity index (χ0v) is 20.4. The Morgan fingerprint density at radius 1 is 1.29 bits per heavy atom. The number of carbonyl (C=O) groups excluding carboxylic acids is 2. The number of carbonyl (C=O) groups is 2. The normalized spacial score (nSPS) is 16.0. The summed E-state index contributed by atoms with van der Waals surface area (Å²) in [5.41, 5.74) is 2.20. The lowest BCUT2D eigenvalue weighted by Gasteiger charge is -2.10. The second kappa shape index (κ2) is 10.5. The van der Waals surface area contributed by atoms with Gasteiger partial charge in [0.25, 0.3) is 5.91 Å². The van der Waals surface area contributed by atoms with Crippen molar-refractivity contribution in [3.05, 3.63) is 60.9 Å². The third-order valence-electron chi connectivity index (χ3n) is 4.07. The van der Waals surface area contributed by atoms with E-state index in [1.54, 1.807) is 37.3 Å². The highest BCUT2D eigenvalue weighted by molar-refractivity contribution is 9.10. The molecule has 0 bridgehead atoms. The van der Waals surface area contributed by atoms with Gasteiger partial charge in [0.05, 0.1) is 26.7 Å². The molecule has 3 rings (SSSR count). The summed E-state index contributed by atoms with van der Waals surface area (Å²) in [5.74, 6) is -0.435. The number of benzene rings is 2. The van der Waals surface area contributed by atoms with Gasteiger partial charge in [0, 0.05) is 5.02 Å². The van der Waals surface area contributed by atoms with Crippen LogP contribution in [-0.4, -0.2) is 30.3 Å². The minimum atomic E-state index is -0.488. The van der Waals surface area contributed by atoms with Crippen molar-refractivity contribution in [1.82, 2.24) is 5.32 Å². The number of hydrogen-bond acceptors (Lipinski definition) is 6. The first-order valence-electron chi connectivity index (χ1n) is 9.10. The fourth-order valence-electron chi connectivity index (χ4n) is 2.59. The summed E-state index contributed by atoms with van der Waals surface area (Å²) >= 11 is 17.0. The van der Waals surface area contributed by atoms with E-state index in [0.29, 0.717) is 36.6 Å². The van der Waals surface area contributed by atoms with Gasteiger partial charge >= 0.3 is 5.97 Å². The minimum Gasteiger partial charge on any atom is -0.479 e. The van der Waals surface area contributed by atoms with E-state index in [-0.39, 0.29) is 24.1 Å². The predicted octanol–water partition coefficient (Wildman–Crippen LogP) is 5.90. The van der Waals surface area contributed by atoms with Gasteiger partial charge in [-0.15, -0.1) is 0 Å². The molecular weight excluding hydrogens is 527 g/mol. The Balaban J connectivity index is 1.78. The smallest absolute Gasteiger partial charge is 0.344 e. The number of amides is 1. The predicted molar refractivity (Wildman–Crippen MR) is 128 cm³/mol. The third kappa shape index (κ3) is 6.04. The fraction of sp³-hybridized carbons (Fsp3) is 0.190. The monoisotopic (exact) mass is 542 g/mol. The van der Waals surface area contributed by atoms with Crippen LogP contribution < -0.4 is 10.1 Å². The van der Waals surface area contributed by atoms with Gasteiger partial charge in [0.15, 0.2) is 17.5 Å². The molecule has 6 nitrogen and oxygen atoms in total. The number of thioether (sulfide) groups is 1. The van der Waals surface area contributed by atoms with Gasteiger partial charge in [-0.05, 0) is 83.0 Å². The molecule has 1 aliphatic heterocycles. The number of aliphatic imine (C=N–C) groups is 1. The van der Waals surface area contributed by atoms with E-state index in [0.717, 1.165) is 5.56 Å². The summed E-state index contributed by atoms with van der Waals surface area (Å²) in [6, 6.07) is 8.80. The molecule has 0 saturated carbocycles. The molecule has 31 heavy (non-hydrogen) atoms. The average molecular weight is 544 g/mol. The van der Waals surface area contributed by atoms with E-state index in [1.165, 1.54) is 11.8 Å². The van der Waals surface area contributed by atoms with Crippen molar-refractivity contribution in [3.63, 3.8) is 0 Å². The van der Waals surface area contributed by atoms with Crippen molar-refractivity contribution in [3.8, 4) is 5.75 Å². The Kier molecular flexibility index (Phi) is 8.05. The van der Waals surface area contributed by atoms with E-state index in [9.17, 15) is 9.59 Å². The van der Waals surface area contributed by atoms with Crippen LogP contribution in [0.1, 0.15) is 18.1 Å². The topological polar surface area (TPSA) is 77.0 Å². The molecule has 1 aliphatic rings. The van der Waals surface area contributed by atoms with E-state index in [1.807, 2.05) is 13.0 Å².